The maximum atomic E-state index is 11.7. The summed E-state index contributed by atoms with van der Waals surface area (Å²) < 4.78 is 5.35. The molecule has 1 aliphatic rings. The summed E-state index contributed by atoms with van der Waals surface area (Å²) in [7, 11) is 1.54. The lowest BCUT2D eigenvalue weighted by molar-refractivity contribution is -0.122. The minimum absolute atomic E-state index is 0.0204. The van der Waals surface area contributed by atoms with E-state index in [9.17, 15) is 9.59 Å². The molecule has 0 radical (unpaired) electrons. The van der Waals surface area contributed by atoms with Gasteiger partial charge in [-0.05, 0) is 32.3 Å². The lowest BCUT2D eigenvalue weighted by Crippen LogP contribution is -2.34. The van der Waals surface area contributed by atoms with Gasteiger partial charge in [0.15, 0.2) is 0 Å². The largest absolute Gasteiger partial charge is 0.442 e. The van der Waals surface area contributed by atoms with E-state index in [1.165, 1.54) is 7.05 Å². The predicted molar refractivity (Wildman–Crippen MR) is 73.7 cm³/mol. The predicted octanol–water partition coefficient (Wildman–Crippen LogP) is 1.98. The van der Waals surface area contributed by atoms with Crippen LogP contribution in [0.2, 0.25) is 0 Å². The number of rotatable bonds is 4. The van der Waals surface area contributed by atoms with Crippen molar-refractivity contribution in [2.75, 3.05) is 13.6 Å². The van der Waals surface area contributed by atoms with E-state index in [4.69, 9.17) is 4.74 Å². The number of carbonyl (C=O) groups is 2. The summed E-state index contributed by atoms with van der Waals surface area (Å²) in [4.78, 5) is 23.1. The van der Waals surface area contributed by atoms with Crippen LogP contribution in [0.1, 0.15) is 39.0 Å². The van der Waals surface area contributed by atoms with Crippen LogP contribution in [0.4, 0.5) is 4.79 Å². The Morgan fingerprint density at radius 1 is 1.37 bits per heavy atom. The smallest absolute Gasteiger partial charge is 0.407 e. The molecule has 2 N–H and O–H groups in total. The number of alkyl carbamates (subject to hydrolysis) is 1. The molecular formula is C14H24N2O3. The molecule has 0 heterocycles. The highest BCUT2D eigenvalue weighted by atomic mass is 16.6. The van der Waals surface area contributed by atoms with Crippen LogP contribution in [0.15, 0.2) is 12.2 Å². The maximum Gasteiger partial charge on any atom is 0.407 e. The van der Waals surface area contributed by atoms with Crippen molar-refractivity contribution >= 4 is 12.0 Å². The van der Waals surface area contributed by atoms with Gasteiger partial charge < -0.3 is 15.4 Å². The lowest BCUT2D eigenvalue weighted by Gasteiger charge is -2.25. The van der Waals surface area contributed by atoms with Crippen molar-refractivity contribution in [1.29, 1.82) is 0 Å². The monoisotopic (exact) mass is 268 g/mol. The van der Waals surface area contributed by atoms with Crippen molar-refractivity contribution in [2.24, 2.45) is 5.92 Å². The standard InChI is InChI=1S/C14H24N2O3/c1-3-16-13(17)10-11-8-6-4-5-7-9-12(11)19-14(18)15-2/h7,9,11-12H,3-6,8,10H2,1-2H3,(H,15,18)(H,16,17)/b9-7+. The summed E-state index contributed by atoms with van der Waals surface area (Å²) in [6, 6.07) is 0. The Bertz CT molecular complexity index is 329. The fourth-order valence-corrected chi connectivity index (χ4v) is 2.26. The van der Waals surface area contributed by atoms with Gasteiger partial charge in [-0.2, -0.15) is 0 Å². The quantitative estimate of drug-likeness (QED) is 0.766. The van der Waals surface area contributed by atoms with E-state index in [0.29, 0.717) is 13.0 Å². The van der Waals surface area contributed by atoms with E-state index in [0.717, 1.165) is 25.7 Å². The third kappa shape index (κ3) is 5.77. The second-order valence-electron chi connectivity index (χ2n) is 4.75. The SMILES string of the molecule is CCNC(=O)CC1CCCC/C=C/C1OC(=O)NC. The summed E-state index contributed by atoms with van der Waals surface area (Å²) in [6.07, 6.45) is 7.68. The van der Waals surface area contributed by atoms with Crippen molar-refractivity contribution in [2.45, 2.75) is 45.1 Å². The van der Waals surface area contributed by atoms with Crippen molar-refractivity contribution in [1.82, 2.24) is 10.6 Å². The van der Waals surface area contributed by atoms with Gasteiger partial charge in [0.2, 0.25) is 5.91 Å². The minimum atomic E-state index is -0.448. The van der Waals surface area contributed by atoms with Crippen LogP contribution in [0.3, 0.4) is 0 Å². The van der Waals surface area contributed by atoms with E-state index in [1.807, 2.05) is 19.1 Å². The third-order valence-electron chi connectivity index (χ3n) is 3.25. The van der Waals surface area contributed by atoms with Crippen molar-refractivity contribution < 1.29 is 14.3 Å². The molecule has 0 aliphatic heterocycles. The van der Waals surface area contributed by atoms with Gasteiger partial charge in [-0.3, -0.25) is 4.79 Å². The average molecular weight is 268 g/mol. The van der Waals surface area contributed by atoms with E-state index in [-0.39, 0.29) is 17.9 Å². The molecule has 2 amide bonds. The molecule has 0 fully saturated rings. The first-order valence-electron chi connectivity index (χ1n) is 6.99. The van der Waals surface area contributed by atoms with E-state index < -0.39 is 6.09 Å². The van der Waals surface area contributed by atoms with Gasteiger partial charge in [-0.1, -0.05) is 12.5 Å². The molecule has 0 aromatic heterocycles. The molecule has 5 heteroatoms. The Hall–Kier alpha value is -1.52. The van der Waals surface area contributed by atoms with E-state index in [2.05, 4.69) is 10.6 Å². The highest BCUT2D eigenvalue weighted by Gasteiger charge is 2.25. The van der Waals surface area contributed by atoms with Gasteiger partial charge in [0, 0.05) is 25.9 Å². The number of amides is 2. The number of allylic oxidation sites excluding steroid dienone is 1. The molecule has 2 unspecified atom stereocenters. The molecule has 108 valence electrons. The first-order chi connectivity index (χ1) is 9.17. The van der Waals surface area contributed by atoms with Gasteiger partial charge >= 0.3 is 6.09 Å². The molecule has 0 saturated heterocycles. The molecule has 19 heavy (non-hydrogen) atoms. The van der Waals surface area contributed by atoms with E-state index in [1.54, 1.807) is 0 Å². The zero-order valence-corrected chi connectivity index (χ0v) is 11.8. The summed E-state index contributed by atoms with van der Waals surface area (Å²) >= 11 is 0. The second-order valence-corrected chi connectivity index (χ2v) is 4.75. The van der Waals surface area contributed by atoms with Gasteiger partial charge in [-0.15, -0.1) is 0 Å². The molecule has 5 nitrogen and oxygen atoms in total. The van der Waals surface area contributed by atoms with Crippen molar-refractivity contribution in [3.05, 3.63) is 12.2 Å². The highest BCUT2D eigenvalue weighted by molar-refractivity contribution is 5.76. The van der Waals surface area contributed by atoms with Crippen molar-refractivity contribution in [3.8, 4) is 0 Å². The Balaban J connectivity index is 2.67. The van der Waals surface area contributed by atoms with Gasteiger partial charge in [-0.25, -0.2) is 4.79 Å². The van der Waals surface area contributed by atoms with Crippen LogP contribution < -0.4 is 10.6 Å². The zero-order valence-electron chi connectivity index (χ0n) is 11.8. The lowest BCUT2D eigenvalue weighted by atomic mass is 9.89. The molecular weight excluding hydrogens is 244 g/mol. The molecule has 1 rings (SSSR count). The number of carbonyl (C=O) groups excluding carboxylic acids is 2. The summed E-state index contributed by atoms with van der Waals surface area (Å²) in [6.45, 7) is 2.52. The number of ether oxygens (including phenoxy) is 1. The van der Waals surface area contributed by atoms with Crippen LogP contribution in [-0.2, 0) is 9.53 Å². The fraction of sp³-hybridized carbons (Fsp3) is 0.714. The Kier molecular flexibility index (Phi) is 7.00. The van der Waals surface area contributed by atoms with Crippen LogP contribution >= 0.6 is 0 Å². The molecule has 0 saturated carbocycles. The summed E-state index contributed by atoms with van der Waals surface area (Å²) in [5.41, 5.74) is 0. The first kappa shape index (κ1) is 15.5. The number of hydrogen-bond acceptors (Lipinski definition) is 3. The van der Waals surface area contributed by atoms with Crippen LogP contribution in [0.5, 0.6) is 0 Å². The molecule has 0 aromatic rings. The van der Waals surface area contributed by atoms with Gasteiger partial charge in [0.05, 0.1) is 0 Å². The molecule has 0 aromatic carbocycles. The molecule has 0 spiro atoms. The normalized spacial score (nSPS) is 24.7. The number of nitrogens with one attached hydrogen (secondary N) is 2. The van der Waals surface area contributed by atoms with Crippen LogP contribution in [0, 0.1) is 5.92 Å². The molecule has 2 atom stereocenters. The minimum Gasteiger partial charge on any atom is -0.442 e. The third-order valence-corrected chi connectivity index (χ3v) is 3.25. The highest BCUT2D eigenvalue weighted by Crippen LogP contribution is 2.24. The summed E-state index contributed by atoms with van der Waals surface area (Å²) in [5.74, 6) is 0.0763. The maximum absolute atomic E-state index is 11.7. The summed E-state index contributed by atoms with van der Waals surface area (Å²) in [5, 5.41) is 5.25. The average Bonchev–Trinajstić information content (AvgIpc) is 2.37. The Labute approximate surface area is 114 Å². The van der Waals surface area contributed by atoms with E-state index >= 15 is 0 Å². The van der Waals surface area contributed by atoms with Crippen LogP contribution in [0.25, 0.3) is 0 Å². The molecule has 0 bridgehead atoms. The Morgan fingerprint density at radius 3 is 2.84 bits per heavy atom. The fourth-order valence-electron chi connectivity index (χ4n) is 2.26. The number of hydrogen-bond donors (Lipinski definition) is 2. The zero-order chi connectivity index (χ0) is 14.1. The van der Waals surface area contributed by atoms with Gasteiger partial charge in [0.1, 0.15) is 6.10 Å². The van der Waals surface area contributed by atoms with Crippen LogP contribution in [-0.4, -0.2) is 31.7 Å². The second kappa shape index (κ2) is 8.56. The first-order valence-corrected chi connectivity index (χ1v) is 6.99. The Morgan fingerprint density at radius 2 is 2.16 bits per heavy atom. The molecule has 1 aliphatic carbocycles. The van der Waals surface area contributed by atoms with Crippen molar-refractivity contribution in [3.63, 3.8) is 0 Å². The topological polar surface area (TPSA) is 67.4 Å². The van der Waals surface area contributed by atoms with Gasteiger partial charge in [0.25, 0.3) is 0 Å².